The van der Waals surface area contributed by atoms with Crippen molar-refractivity contribution in [2.24, 2.45) is 0 Å². The fourth-order valence-corrected chi connectivity index (χ4v) is 3.68. The Kier molecular flexibility index (Phi) is 4.87. The van der Waals surface area contributed by atoms with Gasteiger partial charge >= 0.3 is 0 Å². The lowest BCUT2D eigenvalue weighted by atomic mass is 9.97. The molecule has 0 bridgehead atoms. The summed E-state index contributed by atoms with van der Waals surface area (Å²) in [4.78, 5) is 47.0. The Bertz CT molecular complexity index is 1190. The molecule has 0 spiro atoms. The Labute approximate surface area is 173 Å². The number of nitrogens with zero attached hydrogens (tertiary/aromatic N) is 3. The van der Waals surface area contributed by atoms with Crippen molar-refractivity contribution in [1.29, 1.82) is 0 Å². The maximum Gasteiger partial charge on any atom is 0.261 e. The van der Waals surface area contributed by atoms with E-state index in [9.17, 15) is 14.4 Å². The number of imide groups is 1. The van der Waals surface area contributed by atoms with Crippen molar-refractivity contribution in [1.82, 2.24) is 14.9 Å². The van der Waals surface area contributed by atoms with Crippen LogP contribution in [0, 0.1) is 13.8 Å². The first kappa shape index (κ1) is 19.4. The standard InChI is InChI=1S/C23H20N4O3/c1-13-9-16(21-18(10-13)22(29)27(3)23(21)30)11-20(28)26-19-7-6-17(14(2)25-19)15-5-4-8-24-12-15/h4-10,12H,11H2,1-3H3,(H,25,26,28). The van der Waals surface area contributed by atoms with E-state index in [0.717, 1.165) is 27.3 Å². The van der Waals surface area contributed by atoms with Crippen LogP contribution in [0.4, 0.5) is 5.82 Å². The first-order valence-corrected chi connectivity index (χ1v) is 9.49. The Balaban J connectivity index is 1.56. The third kappa shape index (κ3) is 3.45. The van der Waals surface area contributed by atoms with Gasteiger partial charge in [-0.15, -0.1) is 0 Å². The molecule has 2 aromatic heterocycles. The van der Waals surface area contributed by atoms with Crippen molar-refractivity contribution < 1.29 is 14.4 Å². The van der Waals surface area contributed by atoms with Crippen molar-refractivity contribution in [3.05, 3.63) is 76.7 Å². The molecule has 4 rings (SSSR count). The number of pyridine rings is 2. The zero-order valence-corrected chi connectivity index (χ0v) is 16.9. The Morgan fingerprint density at radius 2 is 1.87 bits per heavy atom. The quantitative estimate of drug-likeness (QED) is 0.679. The highest BCUT2D eigenvalue weighted by molar-refractivity contribution is 6.22. The van der Waals surface area contributed by atoms with Crippen molar-refractivity contribution in [3.63, 3.8) is 0 Å². The van der Waals surface area contributed by atoms with Gasteiger partial charge in [-0.1, -0.05) is 12.1 Å². The summed E-state index contributed by atoms with van der Waals surface area (Å²) < 4.78 is 0. The summed E-state index contributed by atoms with van der Waals surface area (Å²) in [6.07, 6.45) is 3.44. The smallest absolute Gasteiger partial charge is 0.261 e. The minimum absolute atomic E-state index is 0.0258. The molecule has 1 aromatic carbocycles. The SMILES string of the molecule is Cc1cc(CC(=O)Nc2ccc(-c3cccnc3)c(C)n2)c2c(c1)C(=O)N(C)C2=O. The second-order valence-corrected chi connectivity index (χ2v) is 7.31. The molecule has 1 aliphatic heterocycles. The molecule has 0 aliphatic carbocycles. The molecule has 0 saturated carbocycles. The van der Waals surface area contributed by atoms with Crippen LogP contribution in [-0.4, -0.2) is 39.6 Å². The van der Waals surface area contributed by atoms with Gasteiger partial charge in [0.15, 0.2) is 0 Å². The number of hydrogen-bond donors (Lipinski definition) is 1. The first-order valence-electron chi connectivity index (χ1n) is 9.49. The summed E-state index contributed by atoms with van der Waals surface area (Å²) in [6.45, 7) is 3.70. The average Bonchev–Trinajstić information content (AvgIpc) is 2.92. The maximum absolute atomic E-state index is 12.7. The average molecular weight is 400 g/mol. The van der Waals surface area contributed by atoms with Crippen molar-refractivity contribution >= 4 is 23.5 Å². The largest absolute Gasteiger partial charge is 0.310 e. The van der Waals surface area contributed by atoms with Crippen LogP contribution in [0.3, 0.4) is 0 Å². The lowest BCUT2D eigenvalue weighted by Crippen LogP contribution is -2.25. The molecule has 0 fully saturated rings. The second kappa shape index (κ2) is 7.51. The van der Waals surface area contributed by atoms with Gasteiger partial charge in [0.05, 0.1) is 17.5 Å². The van der Waals surface area contributed by atoms with Crippen LogP contribution in [0.2, 0.25) is 0 Å². The van der Waals surface area contributed by atoms with E-state index < -0.39 is 0 Å². The van der Waals surface area contributed by atoms with E-state index in [2.05, 4.69) is 15.3 Å². The number of aromatic nitrogens is 2. The van der Waals surface area contributed by atoms with Gasteiger partial charge < -0.3 is 5.32 Å². The fourth-order valence-electron chi connectivity index (χ4n) is 3.68. The lowest BCUT2D eigenvalue weighted by Gasteiger charge is -2.11. The number of carbonyl (C=O) groups is 3. The van der Waals surface area contributed by atoms with Gasteiger partial charge in [0, 0.05) is 36.3 Å². The highest BCUT2D eigenvalue weighted by Gasteiger charge is 2.35. The normalized spacial score (nSPS) is 12.8. The molecular weight excluding hydrogens is 380 g/mol. The monoisotopic (exact) mass is 400 g/mol. The molecule has 0 atom stereocenters. The van der Waals surface area contributed by atoms with E-state index in [0.29, 0.717) is 22.5 Å². The van der Waals surface area contributed by atoms with Gasteiger partial charge in [0.1, 0.15) is 5.82 Å². The van der Waals surface area contributed by atoms with E-state index in [1.165, 1.54) is 7.05 Å². The minimum atomic E-state index is -0.382. The molecule has 0 radical (unpaired) electrons. The van der Waals surface area contributed by atoms with E-state index in [1.54, 1.807) is 30.6 Å². The Morgan fingerprint density at radius 1 is 1.07 bits per heavy atom. The minimum Gasteiger partial charge on any atom is -0.310 e. The van der Waals surface area contributed by atoms with Crippen LogP contribution >= 0.6 is 0 Å². The summed E-state index contributed by atoms with van der Waals surface area (Å²) in [5.41, 5.74) is 4.66. The zero-order valence-electron chi connectivity index (χ0n) is 16.9. The molecule has 1 aliphatic rings. The van der Waals surface area contributed by atoms with E-state index in [-0.39, 0.29) is 24.1 Å². The number of nitrogens with one attached hydrogen (secondary N) is 1. The molecule has 0 saturated heterocycles. The van der Waals surface area contributed by atoms with Gasteiger partial charge in [-0.2, -0.15) is 0 Å². The van der Waals surface area contributed by atoms with E-state index in [4.69, 9.17) is 0 Å². The zero-order chi connectivity index (χ0) is 21.4. The fraction of sp³-hybridized carbons (Fsp3) is 0.174. The number of rotatable bonds is 4. The maximum atomic E-state index is 12.7. The third-order valence-corrected chi connectivity index (χ3v) is 5.09. The molecule has 7 nitrogen and oxygen atoms in total. The van der Waals surface area contributed by atoms with Gasteiger partial charge in [-0.3, -0.25) is 24.3 Å². The predicted octanol–water partition coefficient (Wildman–Crippen LogP) is 3.17. The van der Waals surface area contributed by atoms with Gasteiger partial charge in [0.25, 0.3) is 11.8 Å². The van der Waals surface area contributed by atoms with Crippen molar-refractivity contribution in [3.8, 4) is 11.1 Å². The van der Waals surface area contributed by atoms with Gasteiger partial charge in [-0.25, -0.2) is 4.98 Å². The molecule has 3 heterocycles. The molecule has 150 valence electrons. The number of amides is 3. The summed E-state index contributed by atoms with van der Waals surface area (Å²) in [7, 11) is 1.44. The highest BCUT2D eigenvalue weighted by Crippen LogP contribution is 2.27. The molecule has 3 aromatic rings. The lowest BCUT2D eigenvalue weighted by molar-refractivity contribution is -0.115. The molecule has 0 unspecified atom stereocenters. The van der Waals surface area contributed by atoms with Crippen molar-refractivity contribution in [2.75, 3.05) is 12.4 Å². The van der Waals surface area contributed by atoms with E-state index in [1.807, 2.05) is 32.0 Å². The van der Waals surface area contributed by atoms with Crippen molar-refractivity contribution in [2.45, 2.75) is 20.3 Å². The molecule has 30 heavy (non-hydrogen) atoms. The topological polar surface area (TPSA) is 92.3 Å². The molecular formula is C23H20N4O3. The summed E-state index contributed by atoms with van der Waals surface area (Å²) in [6, 6.07) is 10.9. The number of benzene rings is 1. The van der Waals surface area contributed by atoms with Crippen LogP contribution in [0.5, 0.6) is 0 Å². The highest BCUT2D eigenvalue weighted by atomic mass is 16.2. The van der Waals surface area contributed by atoms with Crippen LogP contribution in [0.15, 0.2) is 48.8 Å². The van der Waals surface area contributed by atoms with Crippen LogP contribution in [0.25, 0.3) is 11.1 Å². The Hall–Kier alpha value is -3.87. The summed E-state index contributed by atoms with van der Waals surface area (Å²) in [5, 5.41) is 2.78. The predicted molar refractivity (Wildman–Crippen MR) is 112 cm³/mol. The van der Waals surface area contributed by atoms with Crippen LogP contribution < -0.4 is 5.32 Å². The first-order chi connectivity index (χ1) is 14.3. The molecule has 1 N–H and O–H groups in total. The van der Waals surface area contributed by atoms with Gasteiger partial charge in [0.2, 0.25) is 5.91 Å². The van der Waals surface area contributed by atoms with E-state index >= 15 is 0 Å². The van der Waals surface area contributed by atoms with Crippen LogP contribution in [-0.2, 0) is 11.2 Å². The van der Waals surface area contributed by atoms with Crippen LogP contribution in [0.1, 0.15) is 37.5 Å². The Morgan fingerprint density at radius 3 is 2.57 bits per heavy atom. The number of aryl methyl sites for hydroxylation is 2. The molecule has 7 heteroatoms. The third-order valence-electron chi connectivity index (χ3n) is 5.09. The number of carbonyl (C=O) groups excluding carboxylic acids is 3. The second-order valence-electron chi connectivity index (χ2n) is 7.31. The van der Waals surface area contributed by atoms with Gasteiger partial charge in [-0.05, 0) is 49.2 Å². The number of anilines is 1. The molecule has 3 amide bonds. The number of fused-ring (bicyclic) bond motifs is 1. The summed E-state index contributed by atoms with van der Waals surface area (Å²) >= 11 is 0. The summed E-state index contributed by atoms with van der Waals surface area (Å²) in [5.74, 6) is -0.608. The number of hydrogen-bond acceptors (Lipinski definition) is 5.